The van der Waals surface area contributed by atoms with Crippen LogP contribution in [0, 0.1) is 0 Å². The summed E-state index contributed by atoms with van der Waals surface area (Å²) in [6, 6.07) is 3.43. The molecule has 7 nitrogen and oxygen atoms in total. The van der Waals surface area contributed by atoms with Gasteiger partial charge >= 0.3 is 5.97 Å². The van der Waals surface area contributed by atoms with Gasteiger partial charge in [0.15, 0.2) is 11.5 Å². The van der Waals surface area contributed by atoms with E-state index in [1.807, 2.05) is 0 Å². The average Bonchev–Trinajstić information content (AvgIpc) is 3.03. The van der Waals surface area contributed by atoms with E-state index in [9.17, 15) is 4.79 Å². The van der Waals surface area contributed by atoms with Crippen LogP contribution in [0.25, 0.3) is 0 Å². The van der Waals surface area contributed by atoms with Gasteiger partial charge in [-0.3, -0.25) is 4.79 Å². The maximum Gasteiger partial charge on any atom is 0.311 e. The molecule has 1 saturated heterocycles. The minimum absolute atomic E-state index is 0.0561. The van der Waals surface area contributed by atoms with Crippen LogP contribution in [0.2, 0.25) is 0 Å². The van der Waals surface area contributed by atoms with Crippen molar-refractivity contribution in [3.63, 3.8) is 0 Å². The van der Waals surface area contributed by atoms with Crippen molar-refractivity contribution in [1.29, 1.82) is 0 Å². The van der Waals surface area contributed by atoms with E-state index in [-0.39, 0.29) is 6.42 Å². The minimum Gasteiger partial charge on any atom is -0.493 e. The second kappa shape index (κ2) is 7.52. The highest BCUT2D eigenvalue weighted by atomic mass is 16.7. The highest BCUT2D eigenvalue weighted by Gasteiger charge is 2.42. The van der Waals surface area contributed by atoms with E-state index in [4.69, 9.17) is 28.4 Å². The molecule has 128 valence electrons. The zero-order valence-electron chi connectivity index (χ0n) is 13.8. The third-order valence-electron chi connectivity index (χ3n) is 3.54. The molecule has 0 spiro atoms. The predicted octanol–water partition coefficient (Wildman–Crippen LogP) is 1.87. The molecule has 2 rings (SSSR count). The highest BCUT2D eigenvalue weighted by molar-refractivity contribution is 5.71. The smallest absolute Gasteiger partial charge is 0.311 e. The fourth-order valence-electron chi connectivity index (χ4n) is 2.53. The largest absolute Gasteiger partial charge is 0.493 e. The van der Waals surface area contributed by atoms with E-state index in [0.717, 1.165) is 0 Å². The van der Waals surface area contributed by atoms with Crippen molar-refractivity contribution < 1.29 is 33.2 Å². The third kappa shape index (κ3) is 3.51. The van der Waals surface area contributed by atoms with Gasteiger partial charge in [-0.25, -0.2) is 0 Å². The number of carbonyl (C=O) groups is 1. The Labute approximate surface area is 135 Å². The molecule has 1 heterocycles. The number of carbonyl (C=O) groups excluding carboxylic acids is 1. The Morgan fingerprint density at radius 3 is 2.09 bits per heavy atom. The topological polar surface area (TPSA) is 72.5 Å². The van der Waals surface area contributed by atoms with E-state index in [2.05, 4.69) is 0 Å². The number of benzene rings is 1. The summed E-state index contributed by atoms with van der Waals surface area (Å²) < 4.78 is 32.5. The van der Waals surface area contributed by atoms with Gasteiger partial charge in [-0.15, -0.1) is 0 Å². The standard InChI is InChI=1S/C16H22O7/c1-5-21-14(17)10-16(22-6-7-23-16)11-8-12(18-2)15(20-4)13(9-11)19-3/h8-9H,5-7,10H2,1-4H3. The molecule has 0 radical (unpaired) electrons. The van der Waals surface area contributed by atoms with Crippen LogP contribution in [0.3, 0.4) is 0 Å². The van der Waals surface area contributed by atoms with E-state index in [0.29, 0.717) is 42.6 Å². The number of esters is 1. The molecule has 0 aliphatic carbocycles. The van der Waals surface area contributed by atoms with E-state index in [1.54, 1.807) is 19.1 Å². The maximum absolute atomic E-state index is 11.9. The number of ether oxygens (including phenoxy) is 6. The molecule has 1 fully saturated rings. The molecule has 23 heavy (non-hydrogen) atoms. The molecule has 0 atom stereocenters. The van der Waals surface area contributed by atoms with Gasteiger partial charge in [0, 0.05) is 5.56 Å². The monoisotopic (exact) mass is 326 g/mol. The summed E-state index contributed by atoms with van der Waals surface area (Å²) in [6.07, 6.45) is -0.0561. The number of hydrogen-bond donors (Lipinski definition) is 0. The van der Waals surface area contributed by atoms with Crippen LogP contribution in [0.4, 0.5) is 0 Å². The van der Waals surface area contributed by atoms with Gasteiger partial charge in [-0.2, -0.15) is 0 Å². The first-order chi connectivity index (χ1) is 11.1. The molecule has 1 aliphatic heterocycles. The van der Waals surface area contributed by atoms with Crippen LogP contribution in [-0.2, 0) is 24.8 Å². The lowest BCUT2D eigenvalue weighted by Crippen LogP contribution is -2.31. The van der Waals surface area contributed by atoms with Gasteiger partial charge in [0.05, 0.1) is 41.2 Å². The summed E-state index contributed by atoms with van der Waals surface area (Å²) in [5.41, 5.74) is 0.609. The third-order valence-corrected chi connectivity index (χ3v) is 3.54. The van der Waals surface area contributed by atoms with Crippen molar-refractivity contribution in [2.45, 2.75) is 19.1 Å². The summed E-state index contributed by atoms with van der Waals surface area (Å²) in [5, 5.41) is 0. The highest BCUT2D eigenvalue weighted by Crippen LogP contribution is 2.44. The van der Waals surface area contributed by atoms with Crippen LogP contribution in [-0.4, -0.2) is 47.1 Å². The summed E-state index contributed by atoms with van der Waals surface area (Å²) in [6.45, 7) is 2.82. The molecule has 0 aromatic heterocycles. The zero-order chi connectivity index (χ0) is 16.9. The van der Waals surface area contributed by atoms with Crippen LogP contribution in [0.1, 0.15) is 18.9 Å². The Kier molecular flexibility index (Phi) is 5.68. The van der Waals surface area contributed by atoms with Crippen molar-refractivity contribution in [2.75, 3.05) is 41.2 Å². The molecule has 1 aromatic carbocycles. The zero-order valence-corrected chi connectivity index (χ0v) is 13.8. The molecule has 0 N–H and O–H groups in total. The molecule has 0 amide bonds. The number of rotatable bonds is 7. The minimum atomic E-state index is -1.21. The Bertz CT molecular complexity index is 524. The SMILES string of the molecule is CCOC(=O)CC1(c2cc(OC)c(OC)c(OC)c2)OCCO1. The van der Waals surface area contributed by atoms with Crippen molar-refractivity contribution in [2.24, 2.45) is 0 Å². The molecule has 7 heteroatoms. The molecule has 0 bridgehead atoms. The second-order valence-electron chi connectivity index (χ2n) is 4.85. The Morgan fingerprint density at radius 1 is 1.09 bits per heavy atom. The molecule has 1 aromatic rings. The second-order valence-corrected chi connectivity index (χ2v) is 4.85. The maximum atomic E-state index is 11.9. The van der Waals surface area contributed by atoms with Gasteiger partial charge in [0.1, 0.15) is 6.42 Å². The summed E-state index contributed by atoms with van der Waals surface area (Å²) in [5.74, 6) is -0.224. The van der Waals surface area contributed by atoms with Gasteiger partial charge in [-0.05, 0) is 19.1 Å². The average molecular weight is 326 g/mol. The van der Waals surface area contributed by atoms with Crippen molar-refractivity contribution in [3.8, 4) is 17.2 Å². The lowest BCUT2D eigenvalue weighted by molar-refractivity contribution is -0.188. The first-order valence-electron chi connectivity index (χ1n) is 7.34. The van der Waals surface area contributed by atoms with Gasteiger partial charge in [0.2, 0.25) is 11.5 Å². The van der Waals surface area contributed by atoms with Crippen LogP contribution in [0.15, 0.2) is 12.1 Å². The predicted molar refractivity (Wildman–Crippen MR) is 80.9 cm³/mol. The number of methoxy groups -OCH3 is 3. The lowest BCUT2D eigenvalue weighted by Gasteiger charge is -2.28. The van der Waals surface area contributed by atoms with Gasteiger partial charge in [-0.1, -0.05) is 0 Å². The van der Waals surface area contributed by atoms with Crippen molar-refractivity contribution in [3.05, 3.63) is 17.7 Å². The lowest BCUT2D eigenvalue weighted by atomic mass is 10.0. The Morgan fingerprint density at radius 2 is 1.65 bits per heavy atom. The Hall–Kier alpha value is -1.99. The fourth-order valence-corrected chi connectivity index (χ4v) is 2.53. The van der Waals surface area contributed by atoms with Crippen LogP contribution >= 0.6 is 0 Å². The first kappa shape index (κ1) is 17.4. The van der Waals surface area contributed by atoms with E-state index >= 15 is 0 Å². The quantitative estimate of drug-likeness (QED) is 0.708. The first-order valence-corrected chi connectivity index (χ1v) is 7.34. The van der Waals surface area contributed by atoms with E-state index < -0.39 is 11.8 Å². The van der Waals surface area contributed by atoms with Crippen molar-refractivity contribution in [1.82, 2.24) is 0 Å². The molecule has 0 unspecified atom stereocenters. The number of hydrogen-bond acceptors (Lipinski definition) is 7. The Balaban J connectivity index is 2.45. The molecular weight excluding hydrogens is 304 g/mol. The van der Waals surface area contributed by atoms with Gasteiger partial charge < -0.3 is 28.4 Å². The summed E-state index contributed by atoms with van der Waals surface area (Å²) in [7, 11) is 4.57. The van der Waals surface area contributed by atoms with E-state index in [1.165, 1.54) is 21.3 Å². The summed E-state index contributed by atoms with van der Waals surface area (Å²) in [4.78, 5) is 11.9. The normalized spacial score (nSPS) is 16.0. The van der Waals surface area contributed by atoms with Crippen LogP contribution in [0.5, 0.6) is 17.2 Å². The van der Waals surface area contributed by atoms with Crippen LogP contribution < -0.4 is 14.2 Å². The molecule has 0 saturated carbocycles. The fraction of sp³-hybridized carbons (Fsp3) is 0.562. The van der Waals surface area contributed by atoms with Gasteiger partial charge in [0.25, 0.3) is 0 Å². The van der Waals surface area contributed by atoms with Crippen molar-refractivity contribution >= 4 is 5.97 Å². The molecular formula is C16H22O7. The summed E-state index contributed by atoms with van der Waals surface area (Å²) >= 11 is 0. The molecule has 1 aliphatic rings.